The molecule has 32 heavy (non-hydrogen) atoms. The van der Waals surface area contributed by atoms with Crippen molar-refractivity contribution in [2.24, 2.45) is 0 Å². The average Bonchev–Trinajstić information content (AvgIpc) is 3.23. The highest BCUT2D eigenvalue weighted by Crippen LogP contribution is 2.32. The van der Waals surface area contributed by atoms with Crippen LogP contribution in [0.15, 0.2) is 81.7 Å². The molecule has 0 atom stereocenters. The molecule has 8 heteroatoms. The summed E-state index contributed by atoms with van der Waals surface area (Å²) in [4.78, 5) is 33.3. The molecule has 3 heterocycles. The molecule has 0 radical (unpaired) electrons. The van der Waals surface area contributed by atoms with Gasteiger partial charge in [0.2, 0.25) is 5.95 Å². The van der Waals surface area contributed by atoms with E-state index in [1.165, 1.54) is 24.5 Å². The number of methoxy groups -OCH3 is 1. The van der Waals surface area contributed by atoms with Crippen molar-refractivity contribution < 1.29 is 9.13 Å². The maximum atomic E-state index is 13.4. The molecule has 0 bridgehead atoms. The third-order valence-electron chi connectivity index (χ3n) is 5.15. The number of fused-ring (bicyclic) bond motifs is 1. The Labute approximate surface area is 185 Å². The van der Waals surface area contributed by atoms with Crippen LogP contribution in [0.3, 0.4) is 0 Å². The molecular formula is C24H16FN3O3S. The molecule has 0 saturated heterocycles. The van der Waals surface area contributed by atoms with Crippen molar-refractivity contribution in [3.8, 4) is 33.8 Å². The molecule has 2 aromatic carbocycles. The summed E-state index contributed by atoms with van der Waals surface area (Å²) in [5.41, 5.74) is 2.29. The summed E-state index contributed by atoms with van der Waals surface area (Å²) in [6, 6.07) is 18.8. The van der Waals surface area contributed by atoms with Crippen LogP contribution < -0.4 is 16.0 Å². The monoisotopic (exact) mass is 445 g/mol. The van der Waals surface area contributed by atoms with Crippen molar-refractivity contribution in [3.63, 3.8) is 0 Å². The maximum Gasteiger partial charge on any atom is 0.334 e. The minimum absolute atomic E-state index is 0.413. The number of ether oxygens (including phenoxy) is 1. The van der Waals surface area contributed by atoms with Gasteiger partial charge in [-0.15, -0.1) is 11.3 Å². The van der Waals surface area contributed by atoms with Crippen molar-refractivity contribution >= 4 is 21.6 Å². The summed E-state index contributed by atoms with van der Waals surface area (Å²) < 4.78 is 19.8. The van der Waals surface area contributed by atoms with Crippen LogP contribution >= 0.6 is 11.3 Å². The lowest BCUT2D eigenvalue weighted by molar-refractivity contribution is 0.414. The van der Waals surface area contributed by atoms with Gasteiger partial charge in [0, 0.05) is 22.6 Å². The van der Waals surface area contributed by atoms with Gasteiger partial charge in [-0.25, -0.2) is 14.3 Å². The van der Waals surface area contributed by atoms with Crippen LogP contribution in [-0.4, -0.2) is 21.6 Å². The molecule has 0 spiro atoms. The van der Waals surface area contributed by atoms with E-state index in [9.17, 15) is 14.0 Å². The molecule has 6 nitrogen and oxygen atoms in total. The molecule has 0 aliphatic heterocycles. The van der Waals surface area contributed by atoms with Gasteiger partial charge in [0.15, 0.2) is 0 Å². The second-order valence-electron chi connectivity index (χ2n) is 7.05. The quantitative estimate of drug-likeness (QED) is 0.410. The molecule has 5 rings (SSSR count). The fraction of sp³-hybridized carbons (Fsp3) is 0.0417. The van der Waals surface area contributed by atoms with Crippen molar-refractivity contribution in [1.82, 2.24) is 14.5 Å². The highest BCUT2D eigenvalue weighted by Gasteiger charge is 2.16. The van der Waals surface area contributed by atoms with Crippen molar-refractivity contribution in [2.75, 3.05) is 7.11 Å². The maximum absolute atomic E-state index is 13.4. The number of thiophene rings is 1. The third kappa shape index (κ3) is 3.40. The van der Waals surface area contributed by atoms with E-state index in [0.29, 0.717) is 32.9 Å². The first-order valence-corrected chi connectivity index (χ1v) is 10.6. The number of aromatic nitrogens is 3. The lowest BCUT2D eigenvalue weighted by Gasteiger charge is -2.08. The fourth-order valence-corrected chi connectivity index (χ4v) is 4.56. The Balaban J connectivity index is 1.64. The molecule has 0 aliphatic carbocycles. The Hall–Kier alpha value is -4.04. The summed E-state index contributed by atoms with van der Waals surface area (Å²) in [5, 5.41) is 2.27. The van der Waals surface area contributed by atoms with Gasteiger partial charge >= 0.3 is 5.69 Å². The zero-order valence-electron chi connectivity index (χ0n) is 16.8. The largest absolute Gasteiger partial charge is 0.497 e. The number of rotatable bonds is 4. The molecule has 3 aromatic heterocycles. The van der Waals surface area contributed by atoms with Gasteiger partial charge in [0.25, 0.3) is 5.56 Å². The number of nitrogens with zero attached hydrogens (tertiary/aromatic N) is 2. The van der Waals surface area contributed by atoms with Gasteiger partial charge in [-0.05, 0) is 29.8 Å². The van der Waals surface area contributed by atoms with Crippen LogP contribution in [0.2, 0.25) is 0 Å². The second kappa shape index (κ2) is 7.90. The molecule has 1 N–H and O–H groups in total. The molecular weight excluding hydrogens is 429 g/mol. The average molecular weight is 445 g/mol. The van der Waals surface area contributed by atoms with Gasteiger partial charge in [-0.1, -0.05) is 36.4 Å². The molecule has 0 unspecified atom stereocenters. The molecule has 0 fully saturated rings. The van der Waals surface area contributed by atoms with E-state index in [2.05, 4.69) is 9.97 Å². The molecule has 5 aromatic rings. The second-order valence-corrected chi connectivity index (χ2v) is 7.93. The predicted molar refractivity (Wildman–Crippen MR) is 123 cm³/mol. The molecule has 0 saturated carbocycles. The number of pyridine rings is 1. The number of halogens is 1. The molecule has 0 amide bonds. The van der Waals surface area contributed by atoms with E-state index in [1.54, 1.807) is 36.4 Å². The van der Waals surface area contributed by atoms with E-state index in [1.807, 2.05) is 29.6 Å². The molecule has 0 aliphatic rings. The van der Waals surface area contributed by atoms with Crippen LogP contribution in [0.25, 0.3) is 38.3 Å². The minimum atomic E-state index is -0.544. The number of hydrogen-bond donors (Lipinski definition) is 1. The smallest absolute Gasteiger partial charge is 0.334 e. The minimum Gasteiger partial charge on any atom is -0.497 e. The SMILES string of the molecule is COc1cccc(-n2c(=O)[nH]c3scc(-c4ccc(-c5cccc(F)n5)cc4)c3c2=O)c1. The van der Waals surface area contributed by atoms with Crippen LogP contribution in [-0.2, 0) is 0 Å². The van der Waals surface area contributed by atoms with E-state index in [4.69, 9.17) is 4.74 Å². The Bertz CT molecular complexity index is 1570. The Morgan fingerprint density at radius 1 is 1.00 bits per heavy atom. The van der Waals surface area contributed by atoms with Crippen LogP contribution in [0.1, 0.15) is 0 Å². The zero-order valence-corrected chi connectivity index (χ0v) is 17.7. The lowest BCUT2D eigenvalue weighted by Crippen LogP contribution is -2.33. The highest BCUT2D eigenvalue weighted by atomic mass is 32.1. The van der Waals surface area contributed by atoms with E-state index in [0.717, 1.165) is 15.7 Å². The van der Waals surface area contributed by atoms with Gasteiger partial charge in [-0.2, -0.15) is 4.39 Å². The molecule has 158 valence electrons. The van der Waals surface area contributed by atoms with Crippen LogP contribution in [0, 0.1) is 5.95 Å². The first kappa shape index (κ1) is 19.9. The van der Waals surface area contributed by atoms with Gasteiger partial charge in [0.1, 0.15) is 10.6 Å². The number of H-pyrrole nitrogens is 1. The first-order valence-electron chi connectivity index (χ1n) is 9.69. The predicted octanol–water partition coefficient (Wildman–Crippen LogP) is 4.62. The van der Waals surface area contributed by atoms with E-state index in [-0.39, 0.29) is 0 Å². The fourth-order valence-electron chi connectivity index (χ4n) is 3.61. The number of benzene rings is 2. The number of nitrogens with one attached hydrogen (secondary N) is 1. The standard InChI is InChI=1S/C24H16FN3O3S/c1-31-17-5-2-4-16(12-17)28-23(29)21-18(13-32-22(21)27-24(28)30)14-8-10-15(11-9-14)19-6-3-7-20(25)26-19/h2-13H,1H3,(H,27,30). The summed E-state index contributed by atoms with van der Waals surface area (Å²) in [7, 11) is 1.52. The van der Waals surface area contributed by atoms with Gasteiger partial charge < -0.3 is 4.74 Å². The Kier molecular flexibility index (Phi) is 4.91. The zero-order chi connectivity index (χ0) is 22.2. The summed E-state index contributed by atoms with van der Waals surface area (Å²) in [5.74, 6) is -0.00145. The van der Waals surface area contributed by atoms with Crippen molar-refractivity contribution in [2.45, 2.75) is 0 Å². The van der Waals surface area contributed by atoms with Crippen LogP contribution in [0.5, 0.6) is 5.75 Å². The third-order valence-corrected chi connectivity index (χ3v) is 6.05. The summed E-state index contributed by atoms with van der Waals surface area (Å²) in [6.45, 7) is 0. The first-order chi connectivity index (χ1) is 15.5. The Morgan fingerprint density at radius 2 is 1.75 bits per heavy atom. The normalized spacial score (nSPS) is 11.1. The van der Waals surface area contributed by atoms with E-state index >= 15 is 0 Å². The van der Waals surface area contributed by atoms with Gasteiger partial charge in [0.05, 0.1) is 23.9 Å². The Morgan fingerprint density at radius 3 is 2.50 bits per heavy atom. The van der Waals surface area contributed by atoms with Crippen LogP contribution in [0.4, 0.5) is 4.39 Å². The number of aromatic amines is 1. The summed E-state index contributed by atoms with van der Waals surface area (Å²) in [6.07, 6.45) is 0. The summed E-state index contributed by atoms with van der Waals surface area (Å²) >= 11 is 1.30. The van der Waals surface area contributed by atoms with Gasteiger partial charge in [-0.3, -0.25) is 9.78 Å². The lowest BCUT2D eigenvalue weighted by atomic mass is 10.0. The van der Waals surface area contributed by atoms with E-state index < -0.39 is 17.2 Å². The topological polar surface area (TPSA) is 77.0 Å². The highest BCUT2D eigenvalue weighted by molar-refractivity contribution is 7.17. The number of hydrogen-bond acceptors (Lipinski definition) is 5. The van der Waals surface area contributed by atoms with Crippen molar-refractivity contribution in [3.05, 3.63) is 98.9 Å². The van der Waals surface area contributed by atoms with Crippen molar-refractivity contribution in [1.29, 1.82) is 0 Å².